The van der Waals surface area contributed by atoms with Crippen molar-refractivity contribution in [2.24, 2.45) is 5.92 Å². The maximum absolute atomic E-state index is 10.5. The van der Waals surface area contributed by atoms with Gasteiger partial charge in [0, 0.05) is 5.02 Å². The second-order valence-electron chi connectivity index (χ2n) is 5.52. The molecule has 0 aromatic heterocycles. The van der Waals surface area contributed by atoms with Gasteiger partial charge in [-0.3, -0.25) is 0 Å². The van der Waals surface area contributed by atoms with Gasteiger partial charge in [0.05, 0.1) is 6.10 Å². The lowest BCUT2D eigenvalue weighted by Gasteiger charge is -2.34. The molecular weight excluding hydrogens is 290 g/mol. The molecule has 1 N–H and O–H groups in total. The van der Waals surface area contributed by atoms with Crippen LogP contribution in [0.3, 0.4) is 0 Å². The van der Waals surface area contributed by atoms with Crippen molar-refractivity contribution in [1.82, 2.24) is 4.90 Å². The van der Waals surface area contributed by atoms with Crippen LogP contribution in [0.4, 0.5) is 0 Å². The van der Waals surface area contributed by atoms with E-state index in [4.69, 9.17) is 11.6 Å². The fourth-order valence-corrected chi connectivity index (χ4v) is 3.40. The van der Waals surface area contributed by atoms with Crippen LogP contribution >= 0.6 is 23.4 Å². The maximum atomic E-state index is 10.5. The highest BCUT2D eigenvalue weighted by Gasteiger charge is 2.25. The first-order valence-electron chi connectivity index (χ1n) is 7.35. The molecular formula is C16H24ClNOS. The van der Waals surface area contributed by atoms with E-state index < -0.39 is 0 Å². The van der Waals surface area contributed by atoms with Crippen molar-refractivity contribution < 1.29 is 5.11 Å². The molecule has 0 radical (unpaired) electrons. The van der Waals surface area contributed by atoms with Crippen LogP contribution in [-0.2, 0) is 0 Å². The summed E-state index contributed by atoms with van der Waals surface area (Å²) in [7, 11) is 0. The van der Waals surface area contributed by atoms with Crippen LogP contribution in [0, 0.1) is 5.92 Å². The fraction of sp³-hybridized carbons (Fsp3) is 0.625. The molecule has 0 spiro atoms. The molecule has 0 amide bonds. The SMILES string of the molecule is CSCCCN1CCC(C(O)c2ccc(Cl)cc2)CC1. The van der Waals surface area contributed by atoms with Crippen LogP contribution in [0.15, 0.2) is 24.3 Å². The third-order valence-corrected chi connectivity index (χ3v) is 5.06. The first-order chi connectivity index (χ1) is 9.70. The van der Waals surface area contributed by atoms with Gasteiger partial charge in [0.15, 0.2) is 0 Å². The lowest BCUT2D eigenvalue weighted by atomic mass is 9.87. The standard InChI is InChI=1S/C16H24ClNOS/c1-20-12-2-9-18-10-7-14(8-11-18)16(19)13-3-5-15(17)6-4-13/h3-6,14,16,19H,2,7-12H2,1H3. The maximum Gasteiger partial charge on any atom is 0.0819 e. The molecule has 0 aliphatic carbocycles. The first kappa shape index (κ1) is 16.2. The van der Waals surface area contributed by atoms with Gasteiger partial charge in [0.1, 0.15) is 0 Å². The summed E-state index contributed by atoms with van der Waals surface area (Å²) in [6, 6.07) is 7.60. The highest BCUT2D eigenvalue weighted by molar-refractivity contribution is 7.98. The molecule has 1 aliphatic heterocycles. The number of likely N-dealkylation sites (tertiary alicyclic amines) is 1. The molecule has 0 bridgehead atoms. The van der Waals surface area contributed by atoms with Crippen molar-refractivity contribution in [3.05, 3.63) is 34.9 Å². The predicted octanol–water partition coefficient (Wildman–Crippen LogP) is 3.84. The van der Waals surface area contributed by atoms with Gasteiger partial charge in [0.2, 0.25) is 0 Å². The molecule has 1 aromatic rings. The van der Waals surface area contributed by atoms with Gasteiger partial charge >= 0.3 is 0 Å². The quantitative estimate of drug-likeness (QED) is 0.807. The Morgan fingerprint density at radius 2 is 1.95 bits per heavy atom. The van der Waals surface area contributed by atoms with Gasteiger partial charge in [-0.1, -0.05) is 23.7 Å². The van der Waals surface area contributed by atoms with Crippen LogP contribution in [0.1, 0.15) is 30.9 Å². The van der Waals surface area contributed by atoms with Crippen molar-refractivity contribution in [2.75, 3.05) is 31.6 Å². The van der Waals surface area contributed by atoms with Crippen molar-refractivity contribution in [2.45, 2.75) is 25.4 Å². The Morgan fingerprint density at radius 1 is 1.30 bits per heavy atom. The predicted molar refractivity (Wildman–Crippen MR) is 88.6 cm³/mol. The molecule has 1 aliphatic rings. The summed E-state index contributed by atoms with van der Waals surface area (Å²) in [5.74, 6) is 1.63. The smallest absolute Gasteiger partial charge is 0.0819 e. The van der Waals surface area contributed by atoms with E-state index in [1.807, 2.05) is 36.0 Å². The highest BCUT2D eigenvalue weighted by Crippen LogP contribution is 2.31. The average molecular weight is 314 g/mol. The van der Waals surface area contributed by atoms with Gasteiger partial charge in [-0.2, -0.15) is 11.8 Å². The van der Waals surface area contributed by atoms with Crippen LogP contribution in [0.5, 0.6) is 0 Å². The van der Waals surface area contributed by atoms with E-state index in [1.165, 1.54) is 18.7 Å². The highest BCUT2D eigenvalue weighted by atomic mass is 35.5. The third-order valence-electron chi connectivity index (χ3n) is 4.11. The van der Waals surface area contributed by atoms with Gasteiger partial charge in [-0.05, 0) is 74.5 Å². The number of halogens is 1. The Labute approximate surface area is 131 Å². The molecule has 1 aromatic carbocycles. The van der Waals surface area contributed by atoms with Gasteiger partial charge in [-0.15, -0.1) is 0 Å². The lowest BCUT2D eigenvalue weighted by molar-refractivity contribution is 0.0590. The van der Waals surface area contributed by atoms with Crippen LogP contribution in [-0.4, -0.2) is 41.6 Å². The molecule has 0 saturated carbocycles. The number of nitrogens with zero attached hydrogens (tertiary/aromatic N) is 1. The lowest BCUT2D eigenvalue weighted by Crippen LogP contribution is -2.36. The molecule has 1 saturated heterocycles. The molecule has 1 unspecified atom stereocenters. The van der Waals surface area contributed by atoms with E-state index in [9.17, 15) is 5.11 Å². The molecule has 1 atom stereocenters. The molecule has 1 fully saturated rings. The van der Waals surface area contributed by atoms with Crippen LogP contribution in [0.2, 0.25) is 5.02 Å². The molecule has 4 heteroatoms. The number of hydrogen-bond acceptors (Lipinski definition) is 3. The summed E-state index contributed by atoms with van der Waals surface area (Å²) in [6.07, 6.45) is 5.26. The fourth-order valence-electron chi connectivity index (χ4n) is 2.86. The van der Waals surface area contributed by atoms with E-state index >= 15 is 0 Å². The van der Waals surface area contributed by atoms with Crippen molar-refractivity contribution in [3.8, 4) is 0 Å². The molecule has 20 heavy (non-hydrogen) atoms. The van der Waals surface area contributed by atoms with Crippen LogP contribution < -0.4 is 0 Å². The Bertz CT molecular complexity index is 390. The number of aliphatic hydroxyl groups excluding tert-OH is 1. The summed E-state index contributed by atoms with van der Waals surface area (Å²) in [6.45, 7) is 3.43. The Kier molecular flexibility index (Phi) is 6.69. The zero-order valence-electron chi connectivity index (χ0n) is 12.1. The van der Waals surface area contributed by atoms with Crippen molar-refractivity contribution in [3.63, 3.8) is 0 Å². The molecule has 1 heterocycles. The number of benzene rings is 1. The molecule has 2 nitrogen and oxygen atoms in total. The minimum atomic E-state index is -0.347. The number of aliphatic hydroxyl groups is 1. The number of hydrogen-bond donors (Lipinski definition) is 1. The molecule has 2 rings (SSSR count). The monoisotopic (exact) mass is 313 g/mol. The zero-order valence-corrected chi connectivity index (χ0v) is 13.7. The number of piperidine rings is 1. The van der Waals surface area contributed by atoms with E-state index in [0.29, 0.717) is 5.92 Å². The van der Waals surface area contributed by atoms with E-state index in [0.717, 1.165) is 36.5 Å². The van der Waals surface area contributed by atoms with Crippen LogP contribution in [0.25, 0.3) is 0 Å². The van der Waals surface area contributed by atoms with E-state index in [1.54, 1.807) is 0 Å². The van der Waals surface area contributed by atoms with Crippen molar-refractivity contribution in [1.29, 1.82) is 0 Å². The topological polar surface area (TPSA) is 23.5 Å². The Balaban J connectivity index is 1.79. The number of thioether (sulfide) groups is 1. The zero-order chi connectivity index (χ0) is 14.4. The first-order valence-corrected chi connectivity index (χ1v) is 9.12. The van der Waals surface area contributed by atoms with Crippen molar-refractivity contribution >= 4 is 23.4 Å². The van der Waals surface area contributed by atoms with E-state index in [2.05, 4.69) is 11.2 Å². The molecule has 112 valence electrons. The van der Waals surface area contributed by atoms with Gasteiger partial charge in [0.25, 0.3) is 0 Å². The largest absolute Gasteiger partial charge is 0.388 e. The van der Waals surface area contributed by atoms with Gasteiger partial charge < -0.3 is 10.0 Å². The minimum Gasteiger partial charge on any atom is -0.388 e. The third kappa shape index (κ3) is 4.66. The number of rotatable bonds is 6. The normalized spacial score (nSPS) is 19.1. The summed E-state index contributed by atoms with van der Waals surface area (Å²) >= 11 is 7.81. The summed E-state index contributed by atoms with van der Waals surface area (Å²) in [5.41, 5.74) is 0.996. The Morgan fingerprint density at radius 3 is 2.55 bits per heavy atom. The minimum absolute atomic E-state index is 0.347. The van der Waals surface area contributed by atoms with E-state index in [-0.39, 0.29) is 6.10 Å². The summed E-state index contributed by atoms with van der Waals surface area (Å²) in [5, 5.41) is 11.2. The van der Waals surface area contributed by atoms with Gasteiger partial charge in [-0.25, -0.2) is 0 Å². The second-order valence-corrected chi connectivity index (χ2v) is 6.94. The summed E-state index contributed by atoms with van der Waals surface area (Å²) < 4.78 is 0. The Hall–Kier alpha value is -0.220. The summed E-state index contributed by atoms with van der Waals surface area (Å²) in [4.78, 5) is 2.53. The second kappa shape index (κ2) is 8.28. The average Bonchev–Trinajstić information content (AvgIpc) is 2.48.